The molecule has 0 saturated carbocycles. The number of nitrogens with one attached hydrogen (secondary N) is 1. The van der Waals surface area contributed by atoms with E-state index in [-0.39, 0.29) is 6.04 Å². The van der Waals surface area contributed by atoms with Crippen molar-refractivity contribution >= 4 is 21.8 Å². The Balaban J connectivity index is 3.05. The van der Waals surface area contributed by atoms with Crippen LogP contribution in [-0.4, -0.2) is 48.9 Å². The molecule has 0 radical (unpaired) electrons. The Labute approximate surface area is 133 Å². The van der Waals surface area contributed by atoms with E-state index in [0.29, 0.717) is 11.4 Å². The third-order valence-corrected chi connectivity index (χ3v) is 6.32. The number of sulfonamides is 1. The zero-order valence-corrected chi connectivity index (χ0v) is 15.2. The molecule has 1 heterocycles. The van der Waals surface area contributed by atoms with Gasteiger partial charge in [-0.25, -0.2) is 8.42 Å². The second-order valence-corrected chi connectivity index (χ2v) is 7.97. The Kier molecular flexibility index (Phi) is 7.26. The fourth-order valence-electron chi connectivity index (χ4n) is 2.11. The molecule has 0 spiro atoms. The Morgan fingerprint density at radius 1 is 1.43 bits per heavy atom. The number of hydrogen-bond donors (Lipinski definition) is 1. The molecule has 0 aromatic carbocycles. The smallest absolute Gasteiger partial charge is 0.244 e. The molecule has 122 valence electrons. The monoisotopic (exact) mass is 333 g/mol. The van der Waals surface area contributed by atoms with Crippen LogP contribution in [0.5, 0.6) is 0 Å². The number of hydrogen-bond acceptors (Lipinski definition) is 4. The maximum absolute atomic E-state index is 12.7. The van der Waals surface area contributed by atoms with Gasteiger partial charge in [-0.15, -0.1) is 0 Å². The normalized spacial score (nSPS) is 13.8. The summed E-state index contributed by atoms with van der Waals surface area (Å²) in [6.07, 6.45) is 3.73. The number of aryl methyl sites for hydroxylation is 1. The van der Waals surface area contributed by atoms with Crippen LogP contribution < -0.4 is 5.32 Å². The zero-order chi connectivity index (χ0) is 16.0. The van der Waals surface area contributed by atoms with Crippen LogP contribution >= 0.6 is 11.8 Å². The SMILES string of the molecule is CCNCc1cc(S(=O)(=O)N(C)C(C)CSC)cn1CC. The number of aromatic nitrogens is 1. The summed E-state index contributed by atoms with van der Waals surface area (Å²) in [7, 11) is -1.77. The van der Waals surface area contributed by atoms with Gasteiger partial charge in [0.25, 0.3) is 0 Å². The van der Waals surface area contributed by atoms with Gasteiger partial charge in [0.15, 0.2) is 0 Å². The largest absolute Gasteiger partial charge is 0.349 e. The van der Waals surface area contributed by atoms with Crippen LogP contribution in [0, 0.1) is 0 Å². The average molecular weight is 334 g/mol. The van der Waals surface area contributed by atoms with Gasteiger partial charge < -0.3 is 9.88 Å². The van der Waals surface area contributed by atoms with Gasteiger partial charge in [-0.05, 0) is 32.7 Å². The van der Waals surface area contributed by atoms with Gasteiger partial charge >= 0.3 is 0 Å². The molecular formula is C14H27N3O2S2. The van der Waals surface area contributed by atoms with Crippen molar-refractivity contribution in [3.05, 3.63) is 18.0 Å². The third kappa shape index (κ3) is 4.48. The molecule has 7 heteroatoms. The molecule has 0 aliphatic carbocycles. The van der Waals surface area contributed by atoms with E-state index in [1.165, 1.54) is 4.31 Å². The summed E-state index contributed by atoms with van der Waals surface area (Å²) in [5, 5.41) is 3.24. The van der Waals surface area contributed by atoms with Crippen molar-refractivity contribution in [3.63, 3.8) is 0 Å². The van der Waals surface area contributed by atoms with E-state index < -0.39 is 10.0 Å². The molecule has 0 aliphatic heterocycles. The Hall–Kier alpha value is -0.500. The maximum Gasteiger partial charge on any atom is 0.244 e. The van der Waals surface area contributed by atoms with E-state index in [1.807, 2.05) is 31.6 Å². The lowest BCUT2D eigenvalue weighted by Gasteiger charge is -2.23. The molecular weight excluding hydrogens is 306 g/mol. The first-order valence-corrected chi connectivity index (χ1v) is 10.1. The highest BCUT2D eigenvalue weighted by Crippen LogP contribution is 2.21. The minimum Gasteiger partial charge on any atom is -0.349 e. The maximum atomic E-state index is 12.7. The lowest BCUT2D eigenvalue weighted by atomic mass is 10.4. The fraction of sp³-hybridized carbons (Fsp3) is 0.714. The number of rotatable bonds is 9. The fourth-order valence-corrected chi connectivity index (χ4v) is 4.34. The van der Waals surface area contributed by atoms with Crippen molar-refractivity contribution in [1.29, 1.82) is 0 Å². The van der Waals surface area contributed by atoms with E-state index in [1.54, 1.807) is 31.1 Å². The topological polar surface area (TPSA) is 54.3 Å². The Morgan fingerprint density at radius 2 is 2.10 bits per heavy atom. The van der Waals surface area contributed by atoms with E-state index in [4.69, 9.17) is 0 Å². The molecule has 1 N–H and O–H groups in total. The summed E-state index contributed by atoms with van der Waals surface area (Å²) in [4.78, 5) is 0.382. The number of thioether (sulfide) groups is 1. The van der Waals surface area contributed by atoms with Gasteiger partial charge in [-0.3, -0.25) is 0 Å². The predicted molar refractivity (Wildman–Crippen MR) is 90.3 cm³/mol. The highest BCUT2D eigenvalue weighted by molar-refractivity contribution is 7.98. The first kappa shape index (κ1) is 18.5. The average Bonchev–Trinajstić information content (AvgIpc) is 2.88. The first-order chi connectivity index (χ1) is 9.88. The van der Waals surface area contributed by atoms with Crippen molar-refractivity contribution in [2.45, 2.75) is 44.8 Å². The Morgan fingerprint density at radius 3 is 2.62 bits per heavy atom. The predicted octanol–water partition coefficient (Wildman–Crippen LogP) is 1.99. The van der Waals surface area contributed by atoms with Crippen molar-refractivity contribution in [2.75, 3.05) is 25.6 Å². The highest BCUT2D eigenvalue weighted by atomic mass is 32.2. The zero-order valence-electron chi connectivity index (χ0n) is 13.6. The van der Waals surface area contributed by atoms with Crippen LogP contribution in [0.15, 0.2) is 17.2 Å². The van der Waals surface area contributed by atoms with Crippen LogP contribution in [0.4, 0.5) is 0 Å². The van der Waals surface area contributed by atoms with Crippen LogP contribution in [0.2, 0.25) is 0 Å². The van der Waals surface area contributed by atoms with Crippen molar-refractivity contribution in [3.8, 4) is 0 Å². The van der Waals surface area contributed by atoms with Gasteiger partial charge in [0.05, 0.1) is 0 Å². The molecule has 0 aliphatic rings. The quantitative estimate of drug-likeness (QED) is 0.751. The van der Waals surface area contributed by atoms with E-state index in [2.05, 4.69) is 5.32 Å². The summed E-state index contributed by atoms with van der Waals surface area (Å²) in [6.45, 7) is 8.30. The summed E-state index contributed by atoms with van der Waals surface area (Å²) < 4.78 is 28.8. The molecule has 1 atom stereocenters. The summed E-state index contributed by atoms with van der Waals surface area (Å²) in [5.41, 5.74) is 1.00. The van der Waals surface area contributed by atoms with Gasteiger partial charge in [-0.2, -0.15) is 16.1 Å². The minimum atomic E-state index is -3.43. The molecule has 21 heavy (non-hydrogen) atoms. The van der Waals surface area contributed by atoms with Gasteiger partial charge in [0, 0.05) is 43.8 Å². The van der Waals surface area contributed by atoms with E-state index in [9.17, 15) is 8.42 Å². The molecule has 0 bridgehead atoms. The lowest BCUT2D eigenvalue weighted by Crippen LogP contribution is -2.36. The molecule has 0 amide bonds. The summed E-state index contributed by atoms with van der Waals surface area (Å²) in [6, 6.07) is 1.76. The van der Waals surface area contributed by atoms with Crippen LogP contribution in [0.1, 0.15) is 26.5 Å². The third-order valence-electron chi connectivity index (χ3n) is 3.56. The standard InChI is InChI=1S/C14H27N3O2S2/c1-6-15-9-13-8-14(10-17(13)7-2)21(18,19)16(4)12(3)11-20-5/h8,10,12,15H,6-7,9,11H2,1-5H3. The molecule has 0 saturated heterocycles. The van der Waals surface area contributed by atoms with Crippen molar-refractivity contribution in [1.82, 2.24) is 14.2 Å². The minimum absolute atomic E-state index is 0.0211. The second-order valence-electron chi connectivity index (χ2n) is 5.06. The molecule has 1 rings (SSSR count). The van der Waals surface area contributed by atoms with Crippen molar-refractivity contribution < 1.29 is 8.42 Å². The van der Waals surface area contributed by atoms with Crippen molar-refractivity contribution in [2.24, 2.45) is 0 Å². The Bertz CT molecular complexity index is 540. The van der Waals surface area contributed by atoms with Crippen LogP contribution in [0.3, 0.4) is 0 Å². The van der Waals surface area contributed by atoms with Crippen LogP contribution in [-0.2, 0) is 23.1 Å². The molecule has 1 aromatic rings. The molecule has 1 aromatic heterocycles. The summed E-state index contributed by atoms with van der Waals surface area (Å²) in [5.74, 6) is 0.786. The first-order valence-electron chi connectivity index (χ1n) is 7.25. The molecule has 5 nitrogen and oxygen atoms in total. The molecule has 1 unspecified atom stereocenters. The second kappa shape index (κ2) is 8.22. The number of nitrogens with zero attached hydrogens (tertiary/aromatic N) is 2. The van der Waals surface area contributed by atoms with Gasteiger partial charge in [0.1, 0.15) is 4.90 Å². The lowest BCUT2D eigenvalue weighted by molar-refractivity contribution is 0.415. The highest BCUT2D eigenvalue weighted by Gasteiger charge is 2.26. The van der Waals surface area contributed by atoms with Gasteiger partial charge in [-0.1, -0.05) is 6.92 Å². The van der Waals surface area contributed by atoms with E-state index >= 15 is 0 Å². The van der Waals surface area contributed by atoms with Crippen LogP contribution in [0.25, 0.3) is 0 Å². The van der Waals surface area contributed by atoms with Gasteiger partial charge in [0.2, 0.25) is 10.0 Å². The summed E-state index contributed by atoms with van der Waals surface area (Å²) >= 11 is 1.65. The van der Waals surface area contributed by atoms with E-state index in [0.717, 1.165) is 24.5 Å². The molecule has 0 fully saturated rings.